The van der Waals surface area contributed by atoms with Crippen LogP contribution in [0.1, 0.15) is 24.4 Å². The number of aromatic nitrogens is 5. The van der Waals surface area contributed by atoms with Crippen LogP contribution >= 0.6 is 0 Å². The minimum Gasteiger partial charge on any atom is -0.399 e. The lowest BCUT2D eigenvalue weighted by atomic mass is 10.0. The predicted octanol–water partition coefficient (Wildman–Crippen LogP) is 3.42. The SMILES string of the molecule is CC(N)Cn1nc(-c2ccccc2)cc1C1=CN(CCN)N(c2cc(-c3ccc(N)cc3)nn2CCN)C1c1cccn1C. The first-order valence-electron chi connectivity index (χ1n) is 15.0. The van der Waals surface area contributed by atoms with E-state index < -0.39 is 0 Å². The van der Waals surface area contributed by atoms with Crippen molar-refractivity contribution in [2.75, 3.05) is 30.4 Å². The second kappa shape index (κ2) is 12.4. The van der Waals surface area contributed by atoms with E-state index in [2.05, 4.69) is 70.4 Å². The van der Waals surface area contributed by atoms with Crippen LogP contribution in [0.2, 0.25) is 0 Å². The average molecular weight is 592 g/mol. The molecule has 228 valence electrons. The number of nitrogen functional groups attached to an aromatic ring is 1. The summed E-state index contributed by atoms with van der Waals surface area (Å²) in [5.41, 5.74) is 32.4. The molecule has 4 heterocycles. The lowest BCUT2D eigenvalue weighted by Crippen LogP contribution is -2.42. The molecule has 0 saturated heterocycles. The summed E-state index contributed by atoms with van der Waals surface area (Å²) in [6.07, 6.45) is 4.26. The van der Waals surface area contributed by atoms with Gasteiger partial charge in [0, 0.05) is 72.7 Å². The molecule has 1 aliphatic rings. The van der Waals surface area contributed by atoms with Gasteiger partial charge in [0.2, 0.25) is 0 Å². The molecule has 0 fully saturated rings. The molecule has 1 aliphatic heterocycles. The Bertz CT molecular complexity index is 1730. The van der Waals surface area contributed by atoms with Crippen molar-refractivity contribution in [3.63, 3.8) is 0 Å². The maximum atomic E-state index is 6.35. The number of anilines is 2. The maximum absolute atomic E-state index is 6.35. The van der Waals surface area contributed by atoms with E-state index in [1.165, 1.54) is 0 Å². The minimum absolute atomic E-state index is 0.0857. The largest absolute Gasteiger partial charge is 0.399 e. The van der Waals surface area contributed by atoms with Crippen molar-refractivity contribution in [2.24, 2.45) is 24.2 Å². The van der Waals surface area contributed by atoms with Gasteiger partial charge in [-0.3, -0.25) is 14.7 Å². The van der Waals surface area contributed by atoms with E-state index in [1.807, 2.05) is 58.8 Å². The van der Waals surface area contributed by atoms with Gasteiger partial charge >= 0.3 is 0 Å². The van der Waals surface area contributed by atoms with E-state index in [9.17, 15) is 0 Å². The lowest BCUT2D eigenvalue weighted by molar-refractivity contribution is 0.345. The fraction of sp³-hybridized carbons (Fsp3) is 0.273. The van der Waals surface area contributed by atoms with Gasteiger partial charge in [0.15, 0.2) is 0 Å². The highest BCUT2D eigenvalue weighted by Crippen LogP contribution is 2.45. The fourth-order valence-corrected chi connectivity index (χ4v) is 5.88. The van der Waals surface area contributed by atoms with Gasteiger partial charge in [-0.15, -0.1) is 0 Å². The molecule has 6 rings (SSSR count). The Labute approximate surface area is 257 Å². The molecule has 2 unspecified atom stereocenters. The monoisotopic (exact) mass is 591 g/mol. The van der Waals surface area contributed by atoms with Crippen LogP contribution in [-0.2, 0) is 20.1 Å². The van der Waals surface area contributed by atoms with E-state index in [0.717, 1.165) is 45.3 Å². The lowest BCUT2D eigenvalue weighted by Gasteiger charge is -2.36. The number of nitrogens with two attached hydrogens (primary N) is 4. The summed E-state index contributed by atoms with van der Waals surface area (Å²) in [4.78, 5) is 0. The van der Waals surface area contributed by atoms with Gasteiger partial charge in [-0.2, -0.15) is 10.2 Å². The molecule has 8 N–H and O–H groups in total. The number of hydrogen-bond acceptors (Lipinski definition) is 8. The summed E-state index contributed by atoms with van der Waals surface area (Å²) in [7, 11) is 2.07. The van der Waals surface area contributed by atoms with Crippen LogP contribution in [0.5, 0.6) is 0 Å². The van der Waals surface area contributed by atoms with E-state index in [0.29, 0.717) is 38.4 Å². The molecule has 2 aromatic carbocycles. The summed E-state index contributed by atoms with van der Waals surface area (Å²) in [6.45, 7) is 4.63. The van der Waals surface area contributed by atoms with Crippen LogP contribution in [0, 0.1) is 0 Å². The van der Waals surface area contributed by atoms with Gasteiger partial charge < -0.3 is 27.5 Å². The van der Waals surface area contributed by atoms with E-state index >= 15 is 0 Å². The molecule has 0 bridgehead atoms. The molecule has 0 radical (unpaired) electrons. The Morgan fingerprint density at radius 2 is 1.50 bits per heavy atom. The fourth-order valence-electron chi connectivity index (χ4n) is 5.88. The number of hydrazine groups is 1. The third-order valence-electron chi connectivity index (χ3n) is 7.87. The highest BCUT2D eigenvalue weighted by Gasteiger charge is 2.40. The first kappa shape index (κ1) is 29.2. The summed E-state index contributed by atoms with van der Waals surface area (Å²) < 4.78 is 6.18. The topological polar surface area (TPSA) is 151 Å². The van der Waals surface area contributed by atoms with Gasteiger partial charge in [-0.05, 0) is 37.3 Å². The molecule has 0 amide bonds. The van der Waals surface area contributed by atoms with Gasteiger partial charge in [0.1, 0.15) is 11.9 Å². The molecule has 11 nitrogen and oxygen atoms in total. The zero-order chi connectivity index (χ0) is 30.8. The molecule has 11 heteroatoms. The van der Waals surface area contributed by atoms with Crippen LogP contribution in [0.15, 0.2) is 91.3 Å². The molecular weight excluding hydrogens is 550 g/mol. The van der Waals surface area contributed by atoms with Gasteiger partial charge in [0.05, 0.1) is 36.7 Å². The maximum Gasteiger partial charge on any atom is 0.147 e. The van der Waals surface area contributed by atoms with Gasteiger partial charge in [0.25, 0.3) is 0 Å². The number of benzene rings is 2. The summed E-state index contributed by atoms with van der Waals surface area (Å²) in [5, 5.41) is 14.5. The first-order chi connectivity index (χ1) is 21.4. The van der Waals surface area contributed by atoms with Crippen molar-refractivity contribution < 1.29 is 0 Å². The first-order valence-corrected chi connectivity index (χ1v) is 15.0. The minimum atomic E-state index is -0.207. The van der Waals surface area contributed by atoms with Crippen LogP contribution < -0.4 is 27.9 Å². The Morgan fingerprint density at radius 1 is 0.818 bits per heavy atom. The summed E-state index contributed by atoms with van der Waals surface area (Å²) in [5.74, 6) is 0.912. The highest BCUT2D eigenvalue weighted by atomic mass is 15.7. The molecule has 44 heavy (non-hydrogen) atoms. The number of nitrogens with zero attached hydrogens (tertiary/aromatic N) is 7. The van der Waals surface area contributed by atoms with Crippen LogP contribution in [0.4, 0.5) is 11.5 Å². The van der Waals surface area contributed by atoms with Crippen molar-refractivity contribution in [3.8, 4) is 22.5 Å². The predicted molar refractivity (Wildman–Crippen MR) is 177 cm³/mol. The smallest absolute Gasteiger partial charge is 0.147 e. The third kappa shape index (κ3) is 5.60. The Morgan fingerprint density at radius 3 is 2.16 bits per heavy atom. The zero-order valence-electron chi connectivity index (χ0n) is 25.3. The molecule has 2 atom stereocenters. The zero-order valence-corrected chi connectivity index (χ0v) is 25.3. The third-order valence-corrected chi connectivity index (χ3v) is 7.87. The Balaban J connectivity index is 1.53. The quantitative estimate of drug-likeness (QED) is 0.171. The van der Waals surface area contributed by atoms with Crippen LogP contribution in [-0.4, -0.2) is 54.8 Å². The molecule has 3 aromatic heterocycles. The summed E-state index contributed by atoms with van der Waals surface area (Å²) in [6, 6.07) is 26.2. The normalized spacial score (nSPS) is 15.7. The number of hydrogen-bond donors (Lipinski definition) is 4. The summed E-state index contributed by atoms with van der Waals surface area (Å²) >= 11 is 0. The standard InChI is InChI=1S/C33H41N11/c1-23(36)21-43-31(19-28(39-43)24-7-4-3-5-8-24)27-22-41(17-14-34)44(33(27)30-9-6-16-40(30)2)32-20-29(38-42(32)18-15-35)25-10-12-26(37)13-11-25/h3-13,16,19-20,22-23,33H,14-15,17-18,21,34-37H2,1-2H3. The van der Waals surface area contributed by atoms with E-state index in [1.54, 1.807) is 0 Å². The Hall–Kier alpha value is -4.84. The number of rotatable bonds is 11. The second-order valence-corrected chi connectivity index (χ2v) is 11.3. The van der Waals surface area contributed by atoms with Gasteiger partial charge in [-0.1, -0.05) is 42.5 Å². The van der Waals surface area contributed by atoms with E-state index in [-0.39, 0.29) is 12.1 Å². The van der Waals surface area contributed by atoms with Gasteiger partial charge in [-0.25, -0.2) is 4.68 Å². The Kier molecular flexibility index (Phi) is 8.25. The average Bonchev–Trinajstić information content (AvgIpc) is 3.79. The highest BCUT2D eigenvalue weighted by molar-refractivity contribution is 5.78. The van der Waals surface area contributed by atoms with Crippen molar-refractivity contribution in [3.05, 3.63) is 103 Å². The van der Waals surface area contributed by atoms with Crippen molar-refractivity contribution in [2.45, 2.75) is 32.1 Å². The molecular formula is C33H41N11. The van der Waals surface area contributed by atoms with Crippen molar-refractivity contribution in [1.82, 2.24) is 29.1 Å². The number of aryl methyl sites for hydroxylation is 1. The van der Waals surface area contributed by atoms with Crippen LogP contribution in [0.3, 0.4) is 0 Å². The van der Waals surface area contributed by atoms with Crippen molar-refractivity contribution in [1.29, 1.82) is 0 Å². The van der Waals surface area contributed by atoms with Crippen LogP contribution in [0.25, 0.3) is 28.1 Å². The molecule has 0 spiro atoms. The van der Waals surface area contributed by atoms with Crippen molar-refractivity contribution >= 4 is 17.1 Å². The molecule has 0 aliphatic carbocycles. The molecule has 0 saturated carbocycles. The second-order valence-electron chi connectivity index (χ2n) is 11.3. The molecule has 5 aromatic rings. The van der Waals surface area contributed by atoms with E-state index in [4.69, 9.17) is 33.1 Å².